The molecule has 3 rings (SSSR count). The maximum atomic E-state index is 6.02. The van der Waals surface area contributed by atoms with Crippen molar-refractivity contribution in [1.29, 1.82) is 0 Å². The third kappa shape index (κ3) is 2.53. The summed E-state index contributed by atoms with van der Waals surface area (Å²) in [5, 5.41) is 4.33. The zero-order valence-electron chi connectivity index (χ0n) is 11.2. The number of fused-ring (bicyclic) bond motifs is 1. The largest absolute Gasteiger partial charge is 0.444 e. The minimum atomic E-state index is 0.375. The van der Waals surface area contributed by atoms with E-state index in [1.165, 1.54) is 11.1 Å². The van der Waals surface area contributed by atoms with Crippen molar-refractivity contribution < 1.29 is 4.42 Å². The number of halogens is 1. The van der Waals surface area contributed by atoms with Gasteiger partial charge in [-0.2, -0.15) is 0 Å². The van der Waals surface area contributed by atoms with Gasteiger partial charge in [0.15, 0.2) is 0 Å². The lowest BCUT2D eigenvalue weighted by molar-refractivity contribution is 0.423. The predicted molar refractivity (Wildman–Crippen MR) is 75.3 cm³/mol. The van der Waals surface area contributed by atoms with Crippen molar-refractivity contribution in [3.8, 4) is 0 Å². The molecule has 1 N–H and O–H groups in total. The Morgan fingerprint density at radius 1 is 1.42 bits per heavy atom. The monoisotopic (exact) mass is 276 g/mol. The Morgan fingerprint density at radius 2 is 2.26 bits per heavy atom. The Balaban J connectivity index is 1.70. The number of nitrogens with one attached hydrogen (secondary N) is 1. The lowest BCUT2D eigenvalue weighted by Gasteiger charge is -2.12. The van der Waals surface area contributed by atoms with Crippen LogP contribution in [0.5, 0.6) is 0 Å². The first-order chi connectivity index (χ1) is 9.13. The topological polar surface area (TPSA) is 38.1 Å². The van der Waals surface area contributed by atoms with E-state index in [9.17, 15) is 0 Å². The fourth-order valence-corrected chi connectivity index (χ4v) is 2.82. The number of nitrogens with zero attached hydrogens (tertiary/aromatic N) is 1. The number of hydrogen-bond donors (Lipinski definition) is 1. The minimum absolute atomic E-state index is 0.375. The van der Waals surface area contributed by atoms with Crippen LogP contribution >= 0.6 is 11.6 Å². The average molecular weight is 277 g/mol. The fourth-order valence-electron chi connectivity index (χ4n) is 2.62. The summed E-state index contributed by atoms with van der Waals surface area (Å²) in [4.78, 5) is 4.39. The van der Waals surface area contributed by atoms with Crippen LogP contribution in [0.3, 0.4) is 0 Å². The number of aryl methyl sites for hydroxylation is 3. The molecular weight excluding hydrogens is 260 g/mol. The highest BCUT2D eigenvalue weighted by atomic mass is 35.5. The minimum Gasteiger partial charge on any atom is -0.444 e. The molecule has 0 saturated carbocycles. The third-order valence-corrected chi connectivity index (χ3v) is 3.99. The van der Waals surface area contributed by atoms with Gasteiger partial charge < -0.3 is 9.73 Å². The molecule has 4 heteroatoms. The molecule has 100 valence electrons. The van der Waals surface area contributed by atoms with E-state index in [1.54, 1.807) is 0 Å². The molecule has 0 fully saturated rings. The van der Waals surface area contributed by atoms with Gasteiger partial charge in [0.2, 0.25) is 5.89 Å². The fraction of sp³-hybridized carbons (Fsp3) is 0.400. The summed E-state index contributed by atoms with van der Waals surface area (Å²) in [5.74, 6) is 1.66. The van der Waals surface area contributed by atoms with E-state index in [1.807, 2.05) is 19.9 Å². The maximum Gasteiger partial charge on any atom is 0.208 e. The van der Waals surface area contributed by atoms with E-state index in [0.29, 0.717) is 12.6 Å². The predicted octanol–water partition coefficient (Wildman–Crippen LogP) is 3.72. The van der Waals surface area contributed by atoms with Gasteiger partial charge in [-0.25, -0.2) is 4.98 Å². The molecule has 1 aromatic carbocycles. The molecule has 0 aliphatic heterocycles. The van der Waals surface area contributed by atoms with E-state index in [4.69, 9.17) is 16.0 Å². The zero-order chi connectivity index (χ0) is 13.4. The summed E-state index contributed by atoms with van der Waals surface area (Å²) in [7, 11) is 0. The molecule has 2 aromatic rings. The van der Waals surface area contributed by atoms with Gasteiger partial charge in [0.1, 0.15) is 5.76 Å². The van der Waals surface area contributed by atoms with Crippen LogP contribution in [0.1, 0.15) is 40.9 Å². The van der Waals surface area contributed by atoms with E-state index >= 15 is 0 Å². The molecule has 3 nitrogen and oxygen atoms in total. The first-order valence-electron chi connectivity index (χ1n) is 6.58. The molecule has 0 saturated heterocycles. The standard InChI is InChI=1S/C15H17ClN2O/c1-9-10(2)19-15(18-9)8-17-14-6-3-11-7-12(16)4-5-13(11)14/h4-5,7,14,17H,3,6,8H2,1-2H3. The molecular formula is C15H17ClN2O. The molecule has 1 unspecified atom stereocenters. The van der Waals surface area contributed by atoms with Crippen LogP contribution < -0.4 is 5.32 Å². The van der Waals surface area contributed by atoms with Crippen molar-refractivity contribution in [3.63, 3.8) is 0 Å². The van der Waals surface area contributed by atoms with Gasteiger partial charge in [0, 0.05) is 11.1 Å². The lowest BCUT2D eigenvalue weighted by atomic mass is 10.1. The van der Waals surface area contributed by atoms with Crippen LogP contribution in [-0.4, -0.2) is 4.98 Å². The Bertz CT molecular complexity index is 587. The van der Waals surface area contributed by atoms with E-state index in [-0.39, 0.29) is 0 Å². The number of rotatable bonds is 3. The molecule has 1 heterocycles. The highest BCUT2D eigenvalue weighted by Gasteiger charge is 2.22. The van der Waals surface area contributed by atoms with Crippen LogP contribution in [0.15, 0.2) is 22.6 Å². The number of hydrogen-bond acceptors (Lipinski definition) is 3. The molecule has 0 amide bonds. The van der Waals surface area contributed by atoms with Gasteiger partial charge in [-0.3, -0.25) is 0 Å². The molecule has 0 radical (unpaired) electrons. The second-order valence-electron chi connectivity index (χ2n) is 5.06. The summed E-state index contributed by atoms with van der Waals surface area (Å²) in [6.45, 7) is 4.58. The summed E-state index contributed by atoms with van der Waals surface area (Å²) < 4.78 is 5.59. The van der Waals surface area contributed by atoms with Crippen LogP contribution in [0.4, 0.5) is 0 Å². The van der Waals surface area contributed by atoms with Crippen molar-refractivity contribution in [3.05, 3.63) is 51.7 Å². The normalized spacial score (nSPS) is 17.7. The van der Waals surface area contributed by atoms with E-state index in [0.717, 1.165) is 35.2 Å². The third-order valence-electron chi connectivity index (χ3n) is 3.76. The first-order valence-corrected chi connectivity index (χ1v) is 6.96. The molecule has 0 bridgehead atoms. The Hall–Kier alpha value is -1.32. The molecule has 1 aromatic heterocycles. The van der Waals surface area contributed by atoms with Crippen LogP contribution in [0.2, 0.25) is 5.02 Å². The highest BCUT2D eigenvalue weighted by molar-refractivity contribution is 6.30. The number of oxazole rings is 1. The molecule has 1 aliphatic rings. The summed E-state index contributed by atoms with van der Waals surface area (Å²) >= 11 is 6.02. The number of aromatic nitrogens is 1. The van der Waals surface area contributed by atoms with Crippen molar-refractivity contribution in [2.45, 2.75) is 39.3 Å². The Labute approximate surface area is 118 Å². The van der Waals surface area contributed by atoms with Crippen LogP contribution in [-0.2, 0) is 13.0 Å². The van der Waals surface area contributed by atoms with Crippen LogP contribution in [0, 0.1) is 13.8 Å². The van der Waals surface area contributed by atoms with Crippen molar-refractivity contribution >= 4 is 11.6 Å². The summed E-state index contributed by atoms with van der Waals surface area (Å²) in [6.07, 6.45) is 2.19. The maximum absolute atomic E-state index is 6.02. The SMILES string of the molecule is Cc1nc(CNC2CCc3cc(Cl)ccc32)oc1C. The van der Waals surface area contributed by atoms with Gasteiger partial charge in [-0.1, -0.05) is 17.7 Å². The summed E-state index contributed by atoms with van der Waals surface area (Å²) in [6, 6.07) is 6.52. The van der Waals surface area contributed by atoms with Gasteiger partial charge >= 0.3 is 0 Å². The average Bonchev–Trinajstić information content (AvgIpc) is 2.91. The first kappa shape index (κ1) is 12.7. The van der Waals surface area contributed by atoms with E-state index in [2.05, 4.69) is 22.4 Å². The molecule has 19 heavy (non-hydrogen) atoms. The van der Waals surface area contributed by atoms with Gasteiger partial charge in [0.25, 0.3) is 0 Å². The zero-order valence-corrected chi connectivity index (χ0v) is 11.9. The van der Waals surface area contributed by atoms with Crippen molar-refractivity contribution in [2.75, 3.05) is 0 Å². The lowest BCUT2D eigenvalue weighted by Crippen LogP contribution is -2.18. The van der Waals surface area contributed by atoms with E-state index < -0.39 is 0 Å². The molecule has 1 aliphatic carbocycles. The quantitative estimate of drug-likeness (QED) is 0.928. The van der Waals surface area contributed by atoms with Crippen molar-refractivity contribution in [1.82, 2.24) is 10.3 Å². The van der Waals surface area contributed by atoms with Gasteiger partial charge in [-0.05, 0) is 49.9 Å². The smallest absolute Gasteiger partial charge is 0.208 e. The molecule has 1 atom stereocenters. The van der Waals surface area contributed by atoms with Crippen molar-refractivity contribution in [2.24, 2.45) is 0 Å². The second kappa shape index (κ2) is 4.99. The second-order valence-corrected chi connectivity index (χ2v) is 5.50. The molecule has 0 spiro atoms. The highest BCUT2D eigenvalue weighted by Crippen LogP contribution is 2.33. The van der Waals surface area contributed by atoms with Gasteiger partial charge in [-0.15, -0.1) is 0 Å². The Kier molecular flexibility index (Phi) is 3.33. The Morgan fingerprint density at radius 3 is 3.00 bits per heavy atom. The number of benzene rings is 1. The van der Waals surface area contributed by atoms with Gasteiger partial charge in [0.05, 0.1) is 12.2 Å². The van der Waals surface area contributed by atoms with Crippen LogP contribution in [0.25, 0.3) is 0 Å². The summed E-state index contributed by atoms with van der Waals surface area (Å²) in [5.41, 5.74) is 3.67.